The topological polar surface area (TPSA) is 67.7 Å². The van der Waals surface area contributed by atoms with Crippen molar-refractivity contribution in [2.45, 2.75) is 127 Å². The number of rotatable bonds is 14. The maximum absolute atomic E-state index is 10.1. The Morgan fingerprint density at radius 1 is 1.04 bits per heavy atom. The molecule has 55 heavy (non-hydrogen) atoms. The smallest absolute Gasteiger partial charge is 0.214 e. The third kappa shape index (κ3) is 24.9. The summed E-state index contributed by atoms with van der Waals surface area (Å²) in [7, 11) is 0. The molecule has 2 aromatic heterocycles. The van der Waals surface area contributed by atoms with Gasteiger partial charge in [-0.1, -0.05) is 139 Å². The van der Waals surface area contributed by atoms with Gasteiger partial charge in [0.15, 0.2) is 0 Å². The Balaban J connectivity index is 0.000000806. The van der Waals surface area contributed by atoms with Crippen LogP contribution < -0.4 is 4.74 Å². The van der Waals surface area contributed by atoms with E-state index in [1.54, 1.807) is 24.8 Å². The van der Waals surface area contributed by atoms with E-state index < -0.39 is 0 Å². The summed E-state index contributed by atoms with van der Waals surface area (Å²) in [6.45, 7) is 28.0. The number of hydrogen-bond donors (Lipinski definition) is 0. The largest absolute Gasteiger partial charge is 0.473 e. The second-order valence-corrected chi connectivity index (χ2v) is 14.2. The van der Waals surface area contributed by atoms with Crippen LogP contribution in [-0.4, -0.2) is 47.0 Å². The Bertz CT molecular complexity index is 1550. The number of benzene rings is 1. The number of aryl methyl sites for hydroxylation is 3. The molecule has 1 atom stereocenters. The number of pyridine rings is 2. The summed E-state index contributed by atoms with van der Waals surface area (Å²) >= 11 is 0. The summed E-state index contributed by atoms with van der Waals surface area (Å²) in [6, 6.07) is 17.9. The molecular weight excluding hydrogens is 903 g/mol. The molecule has 300 valence electrons. The van der Waals surface area contributed by atoms with E-state index >= 15 is 0 Å². The van der Waals surface area contributed by atoms with Gasteiger partial charge in [-0.3, -0.25) is 14.9 Å². The first-order chi connectivity index (χ1) is 26.1. The zero-order chi connectivity index (χ0) is 40.1. The van der Waals surface area contributed by atoms with Crippen LogP contribution in [0, 0.1) is 63.7 Å². The average Bonchev–Trinajstić information content (AvgIpc) is 4.03. The predicted molar refractivity (Wildman–Crippen MR) is 233 cm³/mol. The molecule has 1 aromatic carbocycles. The van der Waals surface area contributed by atoms with E-state index in [9.17, 15) is 4.79 Å². The van der Waals surface area contributed by atoms with Gasteiger partial charge in [-0.2, -0.15) is 6.07 Å². The monoisotopic (exact) mass is 974 g/mol. The van der Waals surface area contributed by atoms with Crippen molar-refractivity contribution < 1.29 is 40.6 Å². The summed E-state index contributed by atoms with van der Waals surface area (Å²) in [5, 5.41) is 0. The Morgan fingerprint density at radius 2 is 1.75 bits per heavy atom. The molecule has 1 aliphatic heterocycles. The van der Waals surface area contributed by atoms with Gasteiger partial charge in [-0.25, -0.2) is 4.98 Å². The van der Waals surface area contributed by atoms with Gasteiger partial charge in [0, 0.05) is 81.2 Å². The third-order valence-electron chi connectivity index (χ3n) is 9.00. The van der Waals surface area contributed by atoms with E-state index in [1.807, 2.05) is 65.8 Å². The molecule has 0 saturated heterocycles. The summed E-state index contributed by atoms with van der Waals surface area (Å²) < 4.78 is 5.88. The SMILES string of the molecule is C=C(C)CN1CC=C(c2cccc(OCc3ccc(C)cc3)n2)CC1.CC.CC=N/C=C\C.CCCCC(C)CCC1CC1.Cc1ccc([C-]=O)nc1C.[U]. The molecule has 1 saturated carbocycles. The van der Waals surface area contributed by atoms with Gasteiger partial charge in [0.25, 0.3) is 0 Å². The van der Waals surface area contributed by atoms with Crippen LogP contribution in [0.15, 0.2) is 90.1 Å². The minimum atomic E-state index is 0. The molecule has 7 heteroatoms. The number of unbranched alkanes of at least 4 members (excludes halogenated alkanes) is 1. The summed E-state index contributed by atoms with van der Waals surface area (Å²) in [5.74, 6) is 2.82. The van der Waals surface area contributed by atoms with Crippen LogP contribution in [0.25, 0.3) is 5.57 Å². The first kappa shape index (κ1) is 51.9. The normalized spacial score (nSPS) is 13.9. The molecule has 3 heterocycles. The summed E-state index contributed by atoms with van der Waals surface area (Å²) in [5.41, 5.74) is 8.32. The van der Waals surface area contributed by atoms with Crippen LogP contribution >= 0.6 is 0 Å². The fraction of sp³-hybridized carbons (Fsp3) is 0.500. The van der Waals surface area contributed by atoms with Crippen molar-refractivity contribution in [2.24, 2.45) is 16.8 Å². The second-order valence-electron chi connectivity index (χ2n) is 14.2. The molecule has 5 rings (SSSR count). The van der Waals surface area contributed by atoms with Crippen LogP contribution in [0.4, 0.5) is 0 Å². The van der Waals surface area contributed by atoms with Crippen molar-refractivity contribution in [2.75, 3.05) is 19.6 Å². The molecule has 0 spiro atoms. The first-order valence-electron chi connectivity index (χ1n) is 20.2. The number of allylic oxidation sites excluding steroid dienone is 1. The van der Waals surface area contributed by atoms with E-state index in [-0.39, 0.29) is 31.1 Å². The van der Waals surface area contributed by atoms with Crippen LogP contribution in [0.3, 0.4) is 0 Å². The van der Waals surface area contributed by atoms with Gasteiger partial charge >= 0.3 is 0 Å². The molecule has 6 nitrogen and oxygen atoms in total. The van der Waals surface area contributed by atoms with Crippen molar-refractivity contribution >= 4 is 18.1 Å². The number of ether oxygens (including phenoxy) is 1. The van der Waals surface area contributed by atoms with Crippen LogP contribution in [0.5, 0.6) is 5.88 Å². The number of carbonyl (C=O) groups excluding carboxylic acids is 1. The van der Waals surface area contributed by atoms with Gasteiger partial charge in [0.2, 0.25) is 5.88 Å². The standard InChI is InChI=1S/C22H26N2O.C11H22.C8H8NO.C5H9N.C2H6.U/c1-17(2)15-24-13-11-20(12-14-24)21-5-4-6-22(23-21)25-16-19-9-7-18(3)8-10-19;1-3-4-5-10(2)6-7-11-8-9-11;1-6-3-4-8(5-10)9-7(6)2;1-3-5-6-4-2;1-2;/h4-11H,1,12-16H2,2-3H3;10-11H,3-9H2,1-2H3;3-4H,1-2H3;3-5H,1-2H3;1-2H3;/q;;-1;;;/b;;;5-3-,6-4?;;. The summed E-state index contributed by atoms with van der Waals surface area (Å²) in [4.78, 5) is 24.9. The van der Waals surface area contributed by atoms with E-state index in [2.05, 4.69) is 90.5 Å². The molecule has 0 bridgehead atoms. The minimum absolute atomic E-state index is 0. The van der Waals surface area contributed by atoms with Crippen molar-refractivity contribution in [1.82, 2.24) is 14.9 Å². The molecule has 0 radical (unpaired) electrons. The number of aliphatic imine (C=N–C) groups is 1. The zero-order valence-electron chi connectivity index (χ0n) is 36.0. The first-order valence-corrected chi connectivity index (χ1v) is 20.2. The van der Waals surface area contributed by atoms with Crippen molar-refractivity contribution in [3.8, 4) is 5.88 Å². The summed E-state index contributed by atoms with van der Waals surface area (Å²) in [6.07, 6.45) is 20.7. The van der Waals surface area contributed by atoms with E-state index in [0.29, 0.717) is 18.2 Å². The second kappa shape index (κ2) is 32.0. The van der Waals surface area contributed by atoms with E-state index in [0.717, 1.165) is 60.4 Å². The van der Waals surface area contributed by atoms with E-state index in [4.69, 9.17) is 4.74 Å². The Hall–Kier alpha value is -3.11. The van der Waals surface area contributed by atoms with Gasteiger partial charge < -0.3 is 9.53 Å². The molecule has 3 aromatic rings. The average molecular weight is 974 g/mol. The van der Waals surface area contributed by atoms with Gasteiger partial charge in [-0.05, 0) is 82.6 Å². The van der Waals surface area contributed by atoms with Crippen LogP contribution in [0.2, 0.25) is 0 Å². The molecule has 2 aliphatic rings. The fourth-order valence-corrected chi connectivity index (χ4v) is 5.47. The minimum Gasteiger partial charge on any atom is -0.473 e. The molecule has 0 N–H and O–H groups in total. The molecule has 1 aliphatic carbocycles. The molecule has 1 unspecified atom stereocenters. The van der Waals surface area contributed by atoms with Gasteiger partial charge in [0.05, 0.1) is 5.69 Å². The Kier molecular flexibility index (Phi) is 30.2. The van der Waals surface area contributed by atoms with Crippen LogP contribution in [-0.2, 0) is 11.4 Å². The fourth-order valence-electron chi connectivity index (χ4n) is 5.47. The third-order valence-corrected chi connectivity index (χ3v) is 9.00. The van der Waals surface area contributed by atoms with Crippen LogP contribution in [0.1, 0.15) is 134 Å². The van der Waals surface area contributed by atoms with Crippen molar-refractivity contribution in [3.63, 3.8) is 0 Å². The number of hydrogen-bond acceptors (Lipinski definition) is 6. The van der Waals surface area contributed by atoms with Gasteiger partial charge in [0.1, 0.15) is 6.61 Å². The molecular formula is C48H71N4O2U-. The number of aromatic nitrogens is 2. The van der Waals surface area contributed by atoms with E-state index in [1.165, 1.54) is 61.7 Å². The van der Waals surface area contributed by atoms with Crippen molar-refractivity contribution in [3.05, 3.63) is 119 Å². The Labute approximate surface area is 359 Å². The Morgan fingerprint density at radius 3 is 2.27 bits per heavy atom. The quantitative estimate of drug-likeness (QED) is 0.0915. The zero-order valence-corrected chi connectivity index (χ0v) is 40.1. The molecule has 1 fully saturated rings. The molecule has 0 amide bonds. The predicted octanol–water partition coefficient (Wildman–Crippen LogP) is 12.4. The maximum Gasteiger partial charge on any atom is 0.214 e. The van der Waals surface area contributed by atoms with Gasteiger partial charge in [-0.15, -0.1) is 6.07 Å². The van der Waals surface area contributed by atoms with Crippen molar-refractivity contribution in [1.29, 1.82) is 0 Å². The number of nitrogens with zero attached hydrogens (tertiary/aromatic N) is 4. The maximum atomic E-state index is 10.1.